The van der Waals surface area contributed by atoms with E-state index in [0.717, 1.165) is 22.7 Å². The fourth-order valence-electron chi connectivity index (χ4n) is 3.98. The lowest BCUT2D eigenvalue weighted by Gasteiger charge is -2.26. The summed E-state index contributed by atoms with van der Waals surface area (Å²) in [5.41, 5.74) is 4.32. The first kappa shape index (κ1) is 21.4. The number of methoxy groups -OCH3 is 1. The molecule has 0 aliphatic carbocycles. The highest BCUT2D eigenvalue weighted by Gasteiger charge is 2.28. The molecule has 4 rings (SSSR count). The summed E-state index contributed by atoms with van der Waals surface area (Å²) in [4.78, 5) is 29.2. The molecule has 0 spiro atoms. The molecule has 0 aromatic heterocycles. The van der Waals surface area contributed by atoms with Crippen molar-refractivity contribution in [1.29, 1.82) is 0 Å². The van der Waals surface area contributed by atoms with Crippen molar-refractivity contribution in [3.63, 3.8) is 0 Å². The molecule has 6 heteroatoms. The molecule has 2 amide bonds. The number of benzene rings is 3. The monoisotopic (exact) mass is 429 g/mol. The third-order valence-corrected chi connectivity index (χ3v) is 5.77. The molecular formula is C26H27N3O3. The van der Waals surface area contributed by atoms with Gasteiger partial charge in [-0.15, -0.1) is 0 Å². The van der Waals surface area contributed by atoms with E-state index >= 15 is 0 Å². The van der Waals surface area contributed by atoms with Gasteiger partial charge in [0.2, 0.25) is 5.91 Å². The molecule has 0 bridgehead atoms. The molecular weight excluding hydrogens is 402 g/mol. The van der Waals surface area contributed by atoms with Crippen LogP contribution in [-0.4, -0.2) is 32.5 Å². The lowest BCUT2D eigenvalue weighted by Crippen LogP contribution is -2.34. The summed E-state index contributed by atoms with van der Waals surface area (Å²) < 4.78 is 5.14. The highest BCUT2D eigenvalue weighted by molar-refractivity contribution is 6.04. The van der Waals surface area contributed by atoms with Gasteiger partial charge in [0.25, 0.3) is 5.91 Å². The standard InChI is InChI=1S/C26H27N3O3/c1-18-16-29(24-7-5-4-6-23(24)28(2)26(18)31)17-19-8-10-20(11-9-19)25(30)27-21-12-14-22(32-3)15-13-21/h4-15,18H,16-17H2,1-3H3,(H,27,30)/t18-/m0/s1. The minimum Gasteiger partial charge on any atom is -0.497 e. The van der Waals surface area contributed by atoms with Gasteiger partial charge in [-0.25, -0.2) is 0 Å². The SMILES string of the molecule is COc1ccc(NC(=O)c2ccc(CN3C[C@H](C)C(=O)N(C)c4ccccc43)cc2)cc1. The Morgan fingerprint density at radius 1 is 1.00 bits per heavy atom. The van der Waals surface area contributed by atoms with Crippen LogP contribution in [0, 0.1) is 5.92 Å². The summed E-state index contributed by atoms with van der Waals surface area (Å²) in [7, 11) is 3.44. The Balaban J connectivity index is 1.48. The number of carbonyl (C=O) groups is 2. The van der Waals surface area contributed by atoms with E-state index in [1.807, 2.05) is 62.5 Å². The van der Waals surface area contributed by atoms with E-state index in [-0.39, 0.29) is 17.7 Å². The third kappa shape index (κ3) is 4.44. The van der Waals surface area contributed by atoms with Crippen molar-refractivity contribution in [2.24, 2.45) is 5.92 Å². The molecule has 32 heavy (non-hydrogen) atoms. The van der Waals surface area contributed by atoms with Crippen molar-refractivity contribution >= 4 is 28.9 Å². The van der Waals surface area contributed by atoms with Crippen LogP contribution in [0.2, 0.25) is 0 Å². The smallest absolute Gasteiger partial charge is 0.255 e. The van der Waals surface area contributed by atoms with Gasteiger partial charge in [-0.3, -0.25) is 9.59 Å². The zero-order valence-corrected chi connectivity index (χ0v) is 18.5. The summed E-state index contributed by atoms with van der Waals surface area (Å²) in [6, 6.07) is 22.8. The van der Waals surface area contributed by atoms with Crippen LogP contribution in [0.3, 0.4) is 0 Å². The van der Waals surface area contributed by atoms with Crippen molar-refractivity contribution in [2.75, 3.05) is 35.8 Å². The van der Waals surface area contributed by atoms with Crippen LogP contribution in [0.15, 0.2) is 72.8 Å². The van der Waals surface area contributed by atoms with Crippen LogP contribution in [0.5, 0.6) is 5.75 Å². The number of amides is 2. The number of hydrogen-bond donors (Lipinski definition) is 1. The predicted octanol–water partition coefficient (Wildman–Crippen LogP) is 4.57. The van der Waals surface area contributed by atoms with Gasteiger partial charge >= 0.3 is 0 Å². The van der Waals surface area contributed by atoms with E-state index in [2.05, 4.69) is 10.2 Å². The Morgan fingerprint density at radius 3 is 2.31 bits per heavy atom. The molecule has 1 aliphatic rings. The first-order chi connectivity index (χ1) is 15.5. The minimum atomic E-state index is -0.164. The zero-order chi connectivity index (χ0) is 22.7. The number of rotatable bonds is 5. The maximum Gasteiger partial charge on any atom is 0.255 e. The van der Waals surface area contributed by atoms with Crippen LogP contribution in [0.4, 0.5) is 17.1 Å². The summed E-state index contributed by atoms with van der Waals surface area (Å²) in [5, 5.41) is 2.90. The molecule has 1 heterocycles. The zero-order valence-electron chi connectivity index (χ0n) is 18.5. The van der Waals surface area contributed by atoms with E-state index in [1.54, 1.807) is 36.3 Å². The van der Waals surface area contributed by atoms with Crippen LogP contribution >= 0.6 is 0 Å². The molecule has 1 N–H and O–H groups in total. The summed E-state index contributed by atoms with van der Waals surface area (Å²) >= 11 is 0. The Kier molecular flexibility index (Phi) is 6.12. The number of fused-ring (bicyclic) bond motifs is 1. The van der Waals surface area contributed by atoms with Crippen molar-refractivity contribution < 1.29 is 14.3 Å². The number of nitrogens with zero attached hydrogens (tertiary/aromatic N) is 2. The predicted molar refractivity (Wildman–Crippen MR) is 127 cm³/mol. The van der Waals surface area contributed by atoms with Gasteiger partial charge in [0, 0.05) is 31.4 Å². The Labute approximate surface area is 188 Å². The molecule has 0 saturated carbocycles. The number of anilines is 3. The molecule has 0 saturated heterocycles. The van der Waals surface area contributed by atoms with Gasteiger partial charge < -0.3 is 19.9 Å². The fourth-order valence-corrected chi connectivity index (χ4v) is 3.98. The first-order valence-electron chi connectivity index (χ1n) is 10.6. The Bertz CT molecular complexity index is 1110. The van der Waals surface area contributed by atoms with Crippen molar-refractivity contribution in [3.05, 3.63) is 83.9 Å². The van der Waals surface area contributed by atoms with E-state index in [0.29, 0.717) is 24.3 Å². The molecule has 3 aromatic rings. The van der Waals surface area contributed by atoms with Crippen molar-refractivity contribution in [2.45, 2.75) is 13.5 Å². The second-order valence-corrected chi connectivity index (χ2v) is 8.05. The molecule has 3 aromatic carbocycles. The second kappa shape index (κ2) is 9.14. The summed E-state index contributed by atoms with van der Waals surface area (Å²) in [6.07, 6.45) is 0. The molecule has 0 unspecified atom stereocenters. The average Bonchev–Trinajstić information content (AvgIpc) is 2.91. The number of ether oxygens (including phenoxy) is 1. The number of para-hydroxylation sites is 2. The number of nitrogens with one attached hydrogen (secondary N) is 1. The Hall–Kier alpha value is -3.80. The summed E-state index contributed by atoms with van der Waals surface area (Å²) in [5.74, 6) is 0.583. The molecule has 1 atom stereocenters. The number of hydrogen-bond acceptors (Lipinski definition) is 4. The molecule has 1 aliphatic heterocycles. The van der Waals surface area contributed by atoms with Crippen LogP contribution < -0.4 is 19.9 Å². The molecule has 0 radical (unpaired) electrons. The van der Waals surface area contributed by atoms with Gasteiger partial charge in [-0.05, 0) is 54.1 Å². The maximum atomic E-state index is 12.7. The summed E-state index contributed by atoms with van der Waals surface area (Å²) in [6.45, 7) is 3.26. The largest absolute Gasteiger partial charge is 0.497 e. The van der Waals surface area contributed by atoms with E-state index in [1.165, 1.54) is 0 Å². The second-order valence-electron chi connectivity index (χ2n) is 8.05. The lowest BCUT2D eigenvalue weighted by molar-refractivity contribution is -0.121. The van der Waals surface area contributed by atoms with Crippen LogP contribution in [0.25, 0.3) is 0 Å². The maximum absolute atomic E-state index is 12.7. The quantitative estimate of drug-likeness (QED) is 0.646. The van der Waals surface area contributed by atoms with E-state index in [4.69, 9.17) is 4.74 Å². The van der Waals surface area contributed by atoms with Crippen molar-refractivity contribution in [1.82, 2.24) is 0 Å². The molecule has 6 nitrogen and oxygen atoms in total. The van der Waals surface area contributed by atoms with Crippen molar-refractivity contribution in [3.8, 4) is 5.75 Å². The normalized spacial score (nSPS) is 15.7. The van der Waals surface area contributed by atoms with E-state index < -0.39 is 0 Å². The third-order valence-electron chi connectivity index (χ3n) is 5.77. The van der Waals surface area contributed by atoms with Crippen LogP contribution in [0.1, 0.15) is 22.8 Å². The van der Waals surface area contributed by atoms with Gasteiger partial charge in [0.15, 0.2) is 0 Å². The highest BCUT2D eigenvalue weighted by atomic mass is 16.5. The molecule has 164 valence electrons. The van der Waals surface area contributed by atoms with Gasteiger partial charge in [0.1, 0.15) is 5.75 Å². The van der Waals surface area contributed by atoms with Gasteiger partial charge in [0.05, 0.1) is 24.4 Å². The lowest BCUT2D eigenvalue weighted by atomic mass is 10.1. The van der Waals surface area contributed by atoms with Gasteiger partial charge in [-0.2, -0.15) is 0 Å². The minimum absolute atomic E-state index is 0.109. The molecule has 0 fully saturated rings. The number of carbonyl (C=O) groups excluding carboxylic acids is 2. The van der Waals surface area contributed by atoms with Crippen LogP contribution in [-0.2, 0) is 11.3 Å². The highest BCUT2D eigenvalue weighted by Crippen LogP contribution is 2.34. The van der Waals surface area contributed by atoms with Gasteiger partial charge in [-0.1, -0.05) is 31.2 Å². The van der Waals surface area contributed by atoms with E-state index in [9.17, 15) is 9.59 Å². The first-order valence-corrected chi connectivity index (χ1v) is 10.6. The topological polar surface area (TPSA) is 61.9 Å². The average molecular weight is 430 g/mol. The fraction of sp³-hybridized carbons (Fsp3) is 0.231. The Morgan fingerprint density at radius 2 is 1.66 bits per heavy atom.